The van der Waals surface area contributed by atoms with Gasteiger partial charge in [0.05, 0.1) is 12.8 Å². The Morgan fingerprint density at radius 2 is 2.41 bits per heavy atom. The lowest BCUT2D eigenvalue weighted by molar-refractivity contribution is 0.191. The zero-order valence-corrected chi connectivity index (χ0v) is 10.7. The van der Waals surface area contributed by atoms with Crippen molar-refractivity contribution in [1.82, 2.24) is 10.3 Å². The van der Waals surface area contributed by atoms with Crippen molar-refractivity contribution in [2.75, 3.05) is 19.8 Å². The molecule has 4 nitrogen and oxygen atoms in total. The van der Waals surface area contributed by atoms with Gasteiger partial charge in [-0.3, -0.25) is 0 Å². The first kappa shape index (κ1) is 12.6. The first-order chi connectivity index (χ1) is 8.25. The van der Waals surface area contributed by atoms with Crippen LogP contribution in [0.2, 0.25) is 0 Å². The maximum absolute atomic E-state index is 5.76. The van der Waals surface area contributed by atoms with Gasteiger partial charge in [-0.1, -0.05) is 13.8 Å². The Morgan fingerprint density at radius 1 is 1.53 bits per heavy atom. The van der Waals surface area contributed by atoms with Gasteiger partial charge >= 0.3 is 0 Å². The Labute approximate surface area is 103 Å². The number of rotatable bonds is 6. The van der Waals surface area contributed by atoms with Crippen LogP contribution in [0, 0.1) is 0 Å². The minimum atomic E-state index is 0.421. The molecule has 1 atom stereocenters. The van der Waals surface area contributed by atoms with Crippen LogP contribution in [0.4, 0.5) is 0 Å². The van der Waals surface area contributed by atoms with Gasteiger partial charge in [0, 0.05) is 25.0 Å². The molecule has 0 saturated carbocycles. The Hall–Kier alpha value is -0.870. The minimum Gasteiger partial charge on any atom is -0.445 e. The summed E-state index contributed by atoms with van der Waals surface area (Å²) in [5, 5.41) is 3.39. The van der Waals surface area contributed by atoms with E-state index in [1.807, 2.05) is 6.20 Å². The van der Waals surface area contributed by atoms with E-state index in [2.05, 4.69) is 24.1 Å². The third-order valence-corrected chi connectivity index (χ3v) is 3.02. The van der Waals surface area contributed by atoms with Gasteiger partial charge in [0.2, 0.25) is 0 Å². The van der Waals surface area contributed by atoms with Crippen molar-refractivity contribution in [1.29, 1.82) is 0 Å². The second-order valence-corrected chi connectivity index (χ2v) is 4.93. The second-order valence-electron chi connectivity index (χ2n) is 4.93. The van der Waals surface area contributed by atoms with Crippen LogP contribution in [0.15, 0.2) is 10.6 Å². The SMILES string of the molecule is CC(C)NCCCc1ncc(C2CCOC2)o1. The van der Waals surface area contributed by atoms with Crippen LogP contribution in [0.5, 0.6) is 0 Å². The molecular formula is C13H22N2O2. The van der Waals surface area contributed by atoms with E-state index < -0.39 is 0 Å². The van der Waals surface area contributed by atoms with E-state index in [9.17, 15) is 0 Å². The van der Waals surface area contributed by atoms with Crippen molar-refractivity contribution in [3.05, 3.63) is 17.8 Å². The molecule has 0 aliphatic carbocycles. The van der Waals surface area contributed by atoms with E-state index in [1.54, 1.807) is 0 Å². The van der Waals surface area contributed by atoms with Gasteiger partial charge < -0.3 is 14.5 Å². The van der Waals surface area contributed by atoms with Gasteiger partial charge in [-0.25, -0.2) is 4.98 Å². The first-order valence-electron chi connectivity index (χ1n) is 6.51. The van der Waals surface area contributed by atoms with Gasteiger partial charge in [0.25, 0.3) is 0 Å². The molecule has 1 fully saturated rings. The number of aromatic nitrogens is 1. The minimum absolute atomic E-state index is 0.421. The van der Waals surface area contributed by atoms with E-state index in [4.69, 9.17) is 9.15 Å². The van der Waals surface area contributed by atoms with E-state index in [0.29, 0.717) is 12.0 Å². The first-order valence-corrected chi connectivity index (χ1v) is 6.51. The lowest BCUT2D eigenvalue weighted by atomic mass is 10.1. The van der Waals surface area contributed by atoms with Crippen LogP contribution in [0.1, 0.15) is 44.3 Å². The molecule has 2 heterocycles. The maximum atomic E-state index is 5.76. The van der Waals surface area contributed by atoms with Crippen molar-refractivity contribution in [2.45, 2.75) is 45.1 Å². The molecule has 2 rings (SSSR count). The summed E-state index contributed by atoms with van der Waals surface area (Å²) in [6.07, 6.45) is 4.90. The summed E-state index contributed by atoms with van der Waals surface area (Å²) in [6, 6.07) is 0.547. The molecule has 1 aromatic rings. The smallest absolute Gasteiger partial charge is 0.194 e. The van der Waals surface area contributed by atoms with Gasteiger partial charge in [0.15, 0.2) is 5.89 Å². The fraction of sp³-hybridized carbons (Fsp3) is 0.769. The number of ether oxygens (including phenoxy) is 1. The third kappa shape index (κ3) is 3.82. The van der Waals surface area contributed by atoms with E-state index in [1.165, 1.54) is 0 Å². The molecular weight excluding hydrogens is 216 g/mol. The van der Waals surface area contributed by atoms with E-state index >= 15 is 0 Å². The van der Waals surface area contributed by atoms with Gasteiger partial charge in [0.1, 0.15) is 5.76 Å². The fourth-order valence-electron chi connectivity index (χ4n) is 2.02. The molecule has 4 heteroatoms. The molecule has 1 aliphatic rings. The Balaban J connectivity index is 1.74. The van der Waals surface area contributed by atoms with Gasteiger partial charge in [-0.15, -0.1) is 0 Å². The summed E-state index contributed by atoms with van der Waals surface area (Å²) in [7, 11) is 0. The number of hydrogen-bond donors (Lipinski definition) is 1. The largest absolute Gasteiger partial charge is 0.445 e. The average Bonchev–Trinajstić information content (AvgIpc) is 2.94. The monoisotopic (exact) mass is 238 g/mol. The summed E-state index contributed by atoms with van der Waals surface area (Å²) in [6.45, 7) is 6.96. The molecule has 1 N–H and O–H groups in total. The van der Waals surface area contributed by atoms with Crippen molar-refractivity contribution >= 4 is 0 Å². The maximum Gasteiger partial charge on any atom is 0.194 e. The summed E-state index contributed by atoms with van der Waals surface area (Å²) >= 11 is 0. The standard InChI is InChI=1S/C13H22N2O2/c1-10(2)14-6-3-4-13-15-8-12(17-13)11-5-7-16-9-11/h8,10-11,14H,3-7,9H2,1-2H3. The Kier molecular flexibility index (Phi) is 4.57. The molecule has 1 unspecified atom stereocenters. The molecule has 17 heavy (non-hydrogen) atoms. The number of aryl methyl sites for hydroxylation is 1. The predicted octanol–water partition coefficient (Wildman–Crippen LogP) is 2.11. The van der Waals surface area contributed by atoms with Gasteiger partial charge in [-0.05, 0) is 19.4 Å². The lowest BCUT2D eigenvalue weighted by Crippen LogP contribution is -2.23. The normalized spacial score (nSPS) is 20.3. The van der Waals surface area contributed by atoms with Crippen molar-refractivity contribution in [3.8, 4) is 0 Å². The average molecular weight is 238 g/mol. The molecule has 1 saturated heterocycles. The van der Waals surface area contributed by atoms with E-state index in [0.717, 1.165) is 50.7 Å². The molecule has 0 amide bonds. The van der Waals surface area contributed by atoms with Crippen LogP contribution >= 0.6 is 0 Å². The molecule has 0 bridgehead atoms. The summed E-state index contributed by atoms with van der Waals surface area (Å²) < 4.78 is 11.1. The molecule has 0 aromatic carbocycles. The van der Waals surface area contributed by atoms with Gasteiger partial charge in [-0.2, -0.15) is 0 Å². The highest BCUT2D eigenvalue weighted by molar-refractivity contribution is 5.03. The third-order valence-electron chi connectivity index (χ3n) is 3.02. The highest BCUT2D eigenvalue weighted by Crippen LogP contribution is 2.25. The lowest BCUT2D eigenvalue weighted by Gasteiger charge is -2.06. The number of nitrogens with zero attached hydrogens (tertiary/aromatic N) is 1. The van der Waals surface area contributed by atoms with Crippen LogP contribution in [-0.2, 0) is 11.2 Å². The molecule has 0 spiro atoms. The zero-order valence-electron chi connectivity index (χ0n) is 10.7. The summed E-state index contributed by atoms with van der Waals surface area (Å²) in [4.78, 5) is 4.33. The highest BCUT2D eigenvalue weighted by Gasteiger charge is 2.21. The summed E-state index contributed by atoms with van der Waals surface area (Å²) in [5.74, 6) is 2.27. The quantitative estimate of drug-likeness (QED) is 0.771. The molecule has 1 aromatic heterocycles. The van der Waals surface area contributed by atoms with Crippen molar-refractivity contribution in [3.63, 3.8) is 0 Å². The van der Waals surface area contributed by atoms with Crippen molar-refractivity contribution in [2.24, 2.45) is 0 Å². The zero-order chi connectivity index (χ0) is 12.1. The topological polar surface area (TPSA) is 47.3 Å². The summed E-state index contributed by atoms with van der Waals surface area (Å²) in [5.41, 5.74) is 0. The molecule has 0 radical (unpaired) electrons. The Bertz CT molecular complexity index is 330. The fourth-order valence-corrected chi connectivity index (χ4v) is 2.02. The molecule has 96 valence electrons. The van der Waals surface area contributed by atoms with Crippen LogP contribution in [-0.4, -0.2) is 30.8 Å². The van der Waals surface area contributed by atoms with Crippen LogP contribution < -0.4 is 5.32 Å². The predicted molar refractivity (Wildman–Crippen MR) is 66.1 cm³/mol. The Morgan fingerprint density at radius 3 is 3.12 bits per heavy atom. The van der Waals surface area contributed by atoms with Crippen LogP contribution in [0.3, 0.4) is 0 Å². The molecule has 1 aliphatic heterocycles. The number of nitrogens with one attached hydrogen (secondary N) is 1. The van der Waals surface area contributed by atoms with Crippen LogP contribution in [0.25, 0.3) is 0 Å². The number of oxazole rings is 1. The second kappa shape index (κ2) is 6.17. The van der Waals surface area contributed by atoms with E-state index in [-0.39, 0.29) is 0 Å². The number of hydrogen-bond acceptors (Lipinski definition) is 4. The van der Waals surface area contributed by atoms with Crippen molar-refractivity contribution < 1.29 is 9.15 Å². The highest BCUT2D eigenvalue weighted by atomic mass is 16.5.